The molecule has 0 saturated heterocycles. The van der Waals surface area contributed by atoms with E-state index in [-0.39, 0.29) is 0 Å². The largest absolute Gasteiger partial charge is 0.0885 e. The zero-order valence-electron chi connectivity index (χ0n) is 18.9. The fraction of sp³-hybridized carbons (Fsp3) is 0.500. The summed E-state index contributed by atoms with van der Waals surface area (Å²) in [6, 6.07) is 0. The van der Waals surface area contributed by atoms with E-state index in [2.05, 4.69) is 113 Å². The molecule has 156 valence electrons. The zero-order valence-corrected chi connectivity index (χ0v) is 18.9. The standard InChI is InChI=1S/C28H44/c1-5-6-7-8-9-10-11-12-13-14-15-16-17-18-19-20-21-22-23-24-25-26-27-28(2,3)4/h6-7,9-10,12-13,15-16,18-19,21-22,24-25H,5,8,11,14,17,20,23,26-27H2,1-4H3/b7-6-,10-9-,13-12-,16-15-,19-18-,22-21-,25-24-. The molecule has 0 aliphatic rings. The molecule has 0 fully saturated rings. The first-order valence-corrected chi connectivity index (χ1v) is 11.1. The Morgan fingerprint density at radius 1 is 0.429 bits per heavy atom. The van der Waals surface area contributed by atoms with Crippen molar-refractivity contribution in [3.05, 3.63) is 85.1 Å². The van der Waals surface area contributed by atoms with E-state index >= 15 is 0 Å². The maximum absolute atomic E-state index is 2.31. The Morgan fingerprint density at radius 3 is 1.00 bits per heavy atom. The van der Waals surface area contributed by atoms with Crippen LogP contribution >= 0.6 is 0 Å². The van der Waals surface area contributed by atoms with Crippen molar-refractivity contribution in [3.8, 4) is 0 Å². The molecular formula is C28H44. The Labute approximate surface area is 176 Å². The molecule has 0 N–H and O–H groups in total. The van der Waals surface area contributed by atoms with Gasteiger partial charge in [-0.05, 0) is 63.2 Å². The minimum Gasteiger partial charge on any atom is -0.0885 e. The average molecular weight is 381 g/mol. The molecule has 0 aromatic heterocycles. The fourth-order valence-electron chi connectivity index (χ4n) is 2.43. The van der Waals surface area contributed by atoms with Gasteiger partial charge in [0, 0.05) is 0 Å². The highest BCUT2D eigenvalue weighted by Crippen LogP contribution is 2.20. The summed E-state index contributed by atoms with van der Waals surface area (Å²) in [5, 5.41) is 0. The van der Waals surface area contributed by atoms with Gasteiger partial charge in [0.05, 0.1) is 0 Å². The van der Waals surface area contributed by atoms with Crippen LogP contribution in [0.5, 0.6) is 0 Å². The maximum Gasteiger partial charge on any atom is -0.0169 e. The third kappa shape index (κ3) is 24.2. The van der Waals surface area contributed by atoms with Crippen molar-refractivity contribution in [2.24, 2.45) is 5.41 Å². The van der Waals surface area contributed by atoms with E-state index in [1.54, 1.807) is 0 Å². The molecule has 0 heterocycles. The summed E-state index contributed by atoms with van der Waals surface area (Å²) >= 11 is 0. The van der Waals surface area contributed by atoms with Gasteiger partial charge in [-0.1, -0.05) is 113 Å². The van der Waals surface area contributed by atoms with Crippen LogP contribution in [0.25, 0.3) is 0 Å². The highest BCUT2D eigenvalue weighted by Gasteiger charge is 2.07. The first-order valence-electron chi connectivity index (χ1n) is 11.1. The van der Waals surface area contributed by atoms with Crippen molar-refractivity contribution in [1.29, 1.82) is 0 Å². The first kappa shape index (κ1) is 26.2. The SMILES string of the molecule is CC/C=C\C/C=C\C/C=C\C/C=C\C/C=C\C/C=C\C/C=C\CCC(C)(C)C. The van der Waals surface area contributed by atoms with E-state index in [4.69, 9.17) is 0 Å². The van der Waals surface area contributed by atoms with Crippen molar-refractivity contribution in [3.63, 3.8) is 0 Å². The topological polar surface area (TPSA) is 0 Å². The summed E-state index contributed by atoms with van der Waals surface area (Å²) in [5.41, 5.74) is 0.443. The molecule has 0 amide bonds. The van der Waals surface area contributed by atoms with Crippen LogP contribution in [0.4, 0.5) is 0 Å². The van der Waals surface area contributed by atoms with Gasteiger partial charge in [-0.3, -0.25) is 0 Å². The molecule has 0 radical (unpaired) electrons. The Kier molecular flexibility index (Phi) is 18.6. The van der Waals surface area contributed by atoms with E-state index in [0.717, 1.165) is 44.9 Å². The average Bonchev–Trinajstić information content (AvgIpc) is 2.65. The molecule has 0 spiro atoms. The lowest BCUT2D eigenvalue weighted by atomic mass is 9.90. The molecule has 0 aromatic carbocycles. The monoisotopic (exact) mass is 380 g/mol. The Hall–Kier alpha value is -1.82. The summed E-state index contributed by atoms with van der Waals surface area (Å²) < 4.78 is 0. The lowest BCUT2D eigenvalue weighted by molar-refractivity contribution is 0.381. The van der Waals surface area contributed by atoms with Gasteiger partial charge in [0.15, 0.2) is 0 Å². The Balaban J connectivity index is 3.57. The number of hydrogen-bond acceptors (Lipinski definition) is 0. The van der Waals surface area contributed by atoms with Crippen molar-refractivity contribution in [2.45, 2.75) is 85.5 Å². The molecule has 0 aliphatic carbocycles. The molecule has 0 rings (SSSR count). The van der Waals surface area contributed by atoms with E-state index in [1.165, 1.54) is 12.8 Å². The van der Waals surface area contributed by atoms with Crippen molar-refractivity contribution in [2.75, 3.05) is 0 Å². The Morgan fingerprint density at radius 2 is 0.714 bits per heavy atom. The summed E-state index contributed by atoms with van der Waals surface area (Å²) in [5.74, 6) is 0. The van der Waals surface area contributed by atoms with Gasteiger partial charge in [-0.15, -0.1) is 0 Å². The molecule has 0 atom stereocenters. The van der Waals surface area contributed by atoms with Crippen LogP contribution in [0.15, 0.2) is 85.1 Å². The maximum atomic E-state index is 2.31. The van der Waals surface area contributed by atoms with Gasteiger partial charge < -0.3 is 0 Å². The second kappa shape index (κ2) is 19.9. The van der Waals surface area contributed by atoms with E-state index in [9.17, 15) is 0 Å². The lowest BCUT2D eigenvalue weighted by Gasteiger charge is -2.15. The second-order valence-corrected chi connectivity index (χ2v) is 8.22. The quantitative estimate of drug-likeness (QED) is 0.248. The van der Waals surface area contributed by atoms with Gasteiger partial charge in [-0.25, -0.2) is 0 Å². The molecule has 0 saturated carbocycles. The van der Waals surface area contributed by atoms with Crippen LogP contribution in [0.3, 0.4) is 0 Å². The number of hydrogen-bond donors (Lipinski definition) is 0. The van der Waals surface area contributed by atoms with E-state index in [1.807, 2.05) is 0 Å². The smallest absolute Gasteiger partial charge is 0.0169 e. The highest BCUT2D eigenvalue weighted by molar-refractivity contribution is 5.02. The predicted molar refractivity (Wildman–Crippen MR) is 131 cm³/mol. The van der Waals surface area contributed by atoms with Gasteiger partial charge in [0.1, 0.15) is 0 Å². The molecule has 28 heavy (non-hydrogen) atoms. The number of allylic oxidation sites excluding steroid dienone is 14. The van der Waals surface area contributed by atoms with Crippen LogP contribution in [0.1, 0.15) is 85.5 Å². The molecular weight excluding hydrogens is 336 g/mol. The first-order chi connectivity index (χ1) is 13.6. The van der Waals surface area contributed by atoms with Crippen LogP contribution in [-0.4, -0.2) is 0 Å². The zero-order chi connectivity index (χ0) is 20.8. The Bertz CT molecular complexity index is 527. The van der Waals surface area contributed by atoms with Crippen LogP contribution in [0.2, 0.25) is 0 Å². The van der Waals surface area contributed by atoms with Gasteiger partial charge in [0.2, 0.25) is 0 Å². The minimum atomic E-state index is 0.443. The summed E-state index contributed by atoms with van der Waals surface area (Å²) in [6.07, 6.45) is 41.2. The summed E-state index contributed by atoms with van der Waals surface area (Å²) in [6.45, 7) is 9.06. The molecule has 0 nitrogen and oxygen atoms in total. The summed E-state index contributed by atoms with van der Waals surface area (Å²) in [4.78, 5) is 0. The highest BCUT2D eigenvalue weighted by atomic mass is 14.1. The van der Waals surface area contributed by atoms with Gasteiger partial charge in [0.25, 0.3) is 0 Å². The lowest BCUT2D eigenvalue weighted by Crippen LogP contribution is -2.02. The second-order valence-electron chi connectivity index (χ2n) is 8.22. The predicted octanol–water partition coefficient (Wildman–Crippen LogP) is 9.46. The fourth-order valence-corrected chi connectivity index (χ4v) is 2.43. The van der Waals surface area contributed by atoms with Crippen molar-refractivity contribution < 1.29 is 0 Å². The van der Waals surface area contributed by atoms with E-state index < -0.39 is 0 Å². The third-order valence-corrected chi connectivity index (χ3v) is 4.10. The van der Waals surface area contributed by atoms with Crippen LogP contribution < -0.4 is 0 Å². The number of rotatable bonds is 15. The van der Waals surface area contributed by atoms with Crippen molar-refractivity contribution in [1.82, 2.24) is 0 Å². The molecule has 0 bridgehead atoms. The van der Waals surface area contributed by atoms with Crippen LogP contribution in [-0.2, 0) is 0 Å². The van der Waals surface area contributed by atoms with Crippen LogP contribution in [0, 0.1) is 5.41 Å². The minimum absolute atomic E-state index is 0.443. The molecule has 0 heteroatoms. The summed E-state index contributed by atoms with van der Waals surface area (Å²) in [7, 11) is 0. The van der Waals surface area contributed by atoms with E-state index in [0.29, 0.717) is 5.41 Å². The van der Waals surface area contributed by atoms with Gasteiger partial charge >= 0.3 is 0 Å². The molecule has 0 aliphatic heterocycles. The normalized spacial score (nSPS) is 14.0. The van der Waals surface area contributed by atoms with Crippen molar-refractivity contribution >= 4 is 0 Å². The third-order valence-electron chi connectivity index (χ3n) is 4.10. The molecule has 0 unspecified atom stereocenters. The van der Waals surface area contributed by atoms with Gasteiger partial charge in [-0.2, -0.15) is 0 Å². The molecule has 0 aromatic rings.